The van der Waals surface area contributed by atoms with Gasteiger partial charge < -0.3 is 9.64 Å². The van der Waals surface area contributed by atoms with Crippen LogP contribution >= 0.6 is 0 Å². The number of hydrogen-bond donors (Lipinski definition) is 0. The molecule has 86 valence electrons. The molecule has 0 aliphatic carbocycles. The van der Waals surface area contributed by atoms with Crippen molar-refractivity contribution < 1.29 is 14.3 Å². The van der Waals surface area contributed by atoms with Gasteiger partial charge in [-0.25, -0.2) is 4.79 Å². The van der Waals surface area contributed by atoms with Crippen LogP contribution in [0.15, 0.2) is 12.2 Å². The lowest BCUT2D eigenvalue weighted by Crippen LogP contribution is -2.63. The molecule has 0 unspecified atom stereocenters. The lowest BCUT2D eigenvalue weighted by molar-refractivity contribution is -0.168. The largest absolute Gasteiger partial charge is 0.449 e. The standard InChI is InChI=1S/C12H15NO3/c1-11-6-3-9(14)13(11)8-2-5-12(11)7-4-10(15)16-12/h4,7H,2-3,5-6,8H2,1H3/t11-,12+/m0/s1. The summed E-state index contributed by atoms with van der Waals surface area (Å²) in [6, 6.07) is 0. The Labute approximate surface area is 94.2 Å². The minimum Gasteiger partial charge on any atom is -0.449 e. The Hall–Kier alpha value is -1.32. The number of nitrogens with zero attached hydrogens (tertiary/aromatic N) is 1. The van der Waals surface area contributed by atoms with E-state index >= 15 is 0 Å². The molecule has 3 heterocycles. The number of amides is 1. The lowest BCUT2D eigenvalue weighted by Gasteiger charge is -2.50. The van der Waals surface area contributed by atoms with Gasteiger partial charge in [-0.2, -0.15) is 0 Å². The first kappa shape index (κ1) is 9.87. The van der Waals surface area contributed by atoms with E-state index in [0.717, 1.165) is 25.8 Å². The van der Waals surface area contributed by atoms with Gasteiger partial charge in [0.05, 0.1) is 5.54 Å². The van der Waals surface area contributed by atoms with Crippen LogP contribution < -0.4 is 0 Å². The number of ether oxygens (including phenoxy) is 1. The summed E-state index contributed by atoms with van der Waals surface area (Å²) >= 11 is 0. The minimum absolute atomic E-state index is 0.193. The van der Waals surface area contributed by atoms with Crippen LogP contribution in [0.5, 0.6) is 0 Å². The fourth-order valence-electron chi connectivity index (χ4n) is 3.35. The average Bonchev–Trinajstić information content (AvgIpc) is 2.75. The monoisotopic (exact) mass is 221 g/mol. The summed E-state index contributed by atoms with van der Waals surface area (Å²) in [5.74, 6) is -0.0830. The van der Waals surface area contributed by atoms with Crippen LogP contribution in [0, 0.1) is 0 Å². The fourth-order valence-corrected chi connectivity index (χ4v) is 3.35. The van der Waals surface area contributed by atoms with Crippen molar-refractivity contribution in [3.05, 3.63) is 12.2 Å². The Bertz CT molecular complexity index is 403. The first-order chi connectivity index (χ1) is 7.57. The number of rotatable bonds is 0. The maximum Gasteiger partial charge on any atom is 0.331 e. The highest BCUT2D eigenvalue weighted by atomic mass is 16.6. The number of carbonyl (C=O) groups excluding carboxylic acids is 2. The molecule has 1 spiro atoms. The Morgan fingerprint density at radius 1 is 1.38 bits per heavy atom. The van der Waals surface area contributed by atoms with Crippen molar-refractivity contribution in [2.45, 2.75) is 43.7 Å². The van der Waals surface area contributed by atoms with Crippen molar-refractivity contribution in [3.8, 4) is 0 Å². The first-order valence-corrected chi connectivity index (χ1v) is 5.80. The van der Waals surface area contributed by atoms with Crippen molar-refractivity contribution in [2.24, 2.45) is 0 Å². The van der Waals surface area contributed by atoms with Gasteiger partial charge in [0, 0.05) is 19.0 Å². The van der Waals surface area contributed by atoms with Gasteiger partial charge in [-0.15, -0.1) is 0 Å². The Morgan fingerprint density at radius 3 is 2.88 bits per heavy atom. The molecule has 3 aliphatic heterocycles. The van der Waals surface area contributed by atoms with Crippen molar-refractivity contribution in [1.29, 1.82) is 0 Å². The van der Waals surface area contributed by atoms with Crippen molar-refractivity contribution >= 4 is 11.9 Å². The summed E-state index contributed by atoms with van der Waals surface area (Å²) in [4.78, 5) is 25.0. The second-order valence-electron chi connectivity index (χ2n) is 5.07. The maximum absolute atomic E-state index is 11.8. The van der Waals surface area contributed by atoms with Crippen molar-refractivity contribution in [3.63, 3.8) is 0 Å². The molecule has 0 N–H and O–H groups in total. The van der Waals surface area contributed by atoms with Gasteiger partial charge in [0.15, 0.2) is 5.60 Å². The smallest absolute Gasteiger partial charge is 0.331 e. The Kier molecular flexibility index (Phi) is 1.77. The Balaban J connectivity index is 2.04. The molecule has 1 amide bonds. The van der Waals surface area contributed by atoms with E-state index in [2.05, 4.69) is 0 Å². The van der Waals surface area contributed by atoms with E-state index in [-0.39, 0.29) is 17.4 Å². The highest BCUT2D eigenvalue weighted by Crippen LogP contribution is 2.49. The molecular weight excluding hydrogens is 206 g/mol. The molecule has 0 radical (unpaired) electrons. The van der Waals surface area contributed by atoms with E-state index < -0.39 is 5.60 Å². The third kappa shape index (κ3) is 0.996. The Morgan fingerprint density at radius 2 is 2.19 bits per heavy atom. The zero-order chi connectivity index (χ0) is 11.4. The van der Waals surface area contributed by atoms with Crippen LogP contribution in [-0.2, 0) is 14.3 Å². The second-order valence-corrected chi connectivity index (χ2v) is 5.07. The number of hydrogen-bond acceptors (Lipinski definition) is 3. The first-order valence-electron chi connectivity index (χ1n) is 5.80. The number of fused-ring (bicyclic) bond motifs is 2. The van der Waals surface area contributed by atoms with Gasteiger partial charge >= 0.3 is 5.97 Å². The van der Waals surface area contributed by atoms with Crippen LogP contribution in [0.1, 0.15) is 32.6 Å². The van der Waals surface area contributed by atoms with Crippen LogP contribution in [0.25, 0.3) is 0 Å². The second kappa shape index (κ2) is 2.87. The third-order valence-electron chi connectivity index (χ3n) is 4.34. The van der Waals surface area contributed by atoms with E-state index in [1.54, 1.807) is 0 Å². The lowest BCUT2D eigenvalue weighted by atomic mass is 9.73. The van der Waals surface area contributed by atoms with Crippen LogP contribution in [0.3, 0.4) is 0 Å². The number of piperidine rings is 1. The molecule has 0 aromatic carbocycles. The highest BCUT2D eigenvalue weighted by Gasteiger charge is 2.60. The van der Waals surface area contributed by atoms with Gasteiger partial charge in [0.1, 0.15) is 0 Å². The predicted octanol–water partition coefficient (Wildman–Crippen LogP) is 1.01. The summed E-state index contributed by atoms with van der Waals surface area (Å²) in [6.07, 6.45) is 6.44. The summed E-state index contributed by atoms with van der Waals surface area (Å²) < 4.78 is 5.51. The third-order valence-corrected chi connectivity index (χ3v) is 4.34. The predicted molar refractivity (Wildman–Crippen MR) is 56.5 cm³/mol. The number of esters is 1. The summed E-state index contributed by atoms with van der Waals surface area (Å²) in [7, 11) is 0. The molecule has 4 nitrogen and oxygen atoms in total. The summed E-state index contributed by atoms with van der Waals surface area (Å²) in [5.41, 5.74) is -0.889. The van der Waals surface area contributed by atoms with Crippen LogP contribution in [0.2, 0.25) is 0 Å². The molecule has 0 bridgehead atoms. The SMILES string of the molecule is C[C@@]12CCC(=O)N1CCC[C@@]21C=CC(=O)O1. The van der Waals surface area contributed by atoms with Crippen molar-refractivity contribution in [1.82, 2.24) is 4.90 Å². The topological polar surface area (TPSA) is 46.6 Å². The molecule has 0 aromatic rings. The van der Waals surface area contributed by atoms with Gasteiger partial charge in [0.2, 0.25) is 5.91 Å². The normalized spacial score (nSPS) is 41.7. The van der Waals surface area contributed by atoms with E-state index in [4.69, 9.17) is 4.74 Å². The zero-order valence-electron chi connectivity index (χ0n) is 9.36. The van der Waals surface area contributed by atoms with E-state index in [1.165, 1.54) is 6.08 Å². The van der Waals surface area contributed by atoms with E-state index in [0.29, 0.717) is 6.42 Å². The van der Waals surface area contributed by atoms with Crippen molar-refractivity contribution in [2.75, 3.05) is 6.54 Å². The molecule has 3 rings (SSSR count). The fraction of sp³-hybridized carbons (Fsp3) is 0.667. The van der Waals surface area contributed by atoms with Gasteiger partial charge in [-0.05, 0) is 32.3 Å². The summed E-state index contributed by atoms with van der Waals surface area (Å²) in [6.45, 7) is 2.84. The molecule has 0 aromatic heterocycles. The molecular formula is C12H15NO3. The van der Waals surface area contributed by atoms with Gasteiger partial charge in [-0.1, -0.05) is 0 Å². The molecule has 0 saturated carbocycles. The van der Waals surface area contributed by atoms with Crippen LogP contribution in [-0.4, -0.2) is 34.5 Å². The summed E-state index contributed by atoms with van der Waals surface area (Å²) in [5, 5.41) is 0. The molecule has 2 fully saturated rings. The quantitative estimate of drug-likeness (QED) is 0.574. The van der Waals surface area contributed by atoms with Gasteiger partial charge in [0.25, 0.3) is 0 Å². The molecule has 2 atom stereocenters. The molecule has 4 heteroatoms. The number of carbonyl (C=O) groups is 2. The zero-order valence-corrected chi connectivity index (χ0v) is 9.36. The molecule has 16 heavy (non-hydrogen) atoms. The van der Waals surface area contributed by atoms with Crippen LogP contribution in [0.4, 0.5) is 0 Å². The molecule has 3 aliphatic rings. The van der Waals surface area contributed by atoms with E-state index in [1.807, 2.05) is 17.9 Å². The average molecular weight is 221 g/mol. The maximum atomic E-state index is 11.8. The highest BCUT2D eigenvalue weighted by molar-refractivity contribution is 5.87. The molecule has 2 saturated heterocycles. The minimum atomic E-state index is -0.561. The van der Waals surface area contributed by atoms with Gasteiger partial charge in [-0.3, -0.25) is 4.79 Å². The van der Waals surface area contributed by atoms with E-state index in [9.17, 15) is 9.59 Å².